The Morgan fingerprint density at radius 1 is 1.06 bits per heavy atom. The molecule has 0 aliphatic heterocycles. The number of hydrogen-bond acceptors (Lipinski definition) is 4. The minimum atomic E-state index is 0.487. The van der Waals surface area contributed by atoms with Crippen LogP contribution >= 0.6 is 0 Å². The van der Waals surface area contributed by atoms with Gasteiger partial charge in [0.05, 0.1) is 6.61 Å². The van der Waals surface area contributed by atoms with Crippen molar-refractivity contribution >= 4 is 0 Å². The third kappa shape index (κ3) is 8.86. The van der Waals surface area contributed by atoms with Crippen LogP contribution in [0.5, 0.6) is 0 Å². The van der Waals surface area contributed by atoms with Gasteiger partial charge in [0.2, 0.25) is 0 Å². The minimum Gasteiger partial charge on any atom is -0.383 e. The SMILES string of the molecule is CCCNCC(COC)N(CCC)CCN(C)C. The highest BCUT2D eigenvalue weighted by Crippen LogP contribution is 2.02. The molecular formula is C14H33N3O. The van der Waals surface area contributed by atoms with Gasteiger partial charge in [-0.1, -0.05) is 13.8 Å². The van der Waals surface area contributed by atoms with Crippen molar-refractivity contribution in [2.75, 3.05) is 60.5 Å². The molecule has 0 amide bonds. The first-order valence-electron chi connectivity index (χ1n) is 7.24. The molecule has 1 N–H and O–H groups in total. The standard InChI is InChI=1S/C14H33N3O/c1-6-8-15-12-14(13-18-5)17(9-7-2)11-10-16(3)4/h14-15H,6-13H2,1-5H3. The van der Waals surface area contributed by atoms with Gasteiger partial charge in [0.15, 0.2) is 0 Å². The number of ether oxygens (including phenoxy) is 1. The molecule has 0 rings (SSSR count). The molecule has 4 heteroatoms. The molecule has 110 valence electrons. The zero-order valence-electron chi connectivity index (χ0n) is 13.0. The topological polar surface area (TPSA) is 27.7 Å². The van der Waals surface area contributed by atoms with Crippen molar-refractivity contribution in [3.8, 4) is 0 Å². The number of nitrogens with one attached hydrogen (secondary N) is 1. The van der Waals surface area contributed by atoms with Crippen molar-refractivity contribution in [1.82, 2.24) is 15.1 Å². The third-order valence-electron chi connectivity index (χ3n) is 3.03. The molecule has 0 bridgehead atoms. The van der Waals surface area contributed by atoms with Gasteiger partial charge in [0.25, 0.3) is 0 Å². The van der Waals surface area contributed by atoms with Crippen LogP contribution in [-0.4, -0.2) is 76.4 Å². The van der Waals surface area contributed by atoms with E-state index >= 15 is 0 Å². The maximum absolute atomic E-state index is 5.37. The molecule has 0 aromatic rings. The highest BCUT2D eigenvalue weighted by Gasteiger charge is 2.17. The molecule has 0 spiro atoms. The molecule has 0 aliphatic carbocycles. The van der Waals surface area contributed by atoms with Crippen molar-refractivity contribution < 1.29 is 4.74 Å². The van der Waals surface area contributed by atoms with Crippen LogP contribution in [0.25, 0.3) is 0 Å². The Labute approximate surface area is 114 Å². The quantitative estimate of drug-likeness (QED) is 0.534. The fourth-order valence-corrected chi connectivity index (χ4v) is 2.02. The molecule has 1 atom stereocenters. The molecular weight excluding hydrogens is 226 g/mol. The summed E-state index contributed by atoms with van der Waals surface area (Å²) in [6, 6.07) is 0.487. The van der Waals surface area contributed by atoms with E-state index in [1.165, 1.54) is 12.8 Å². The lowest BCUT2D eigenvalue weighted by atomic mass is 10.2. The van der Waals surface area contributed by atoms with Crippen LogP contribution in [0.3, 0.4) is 0 Å². The molecule has 1 unspecified atom stereocenters. The average Bonchev–Trinajstić information content (AvgIpc) is 2.33. The van der Waals surface area contributed by atoms with E-state index in [2.05, 4.69) is 43.1 Å². The Bertz CT molecular complexity index is 176. The molecule has 4 nitrogen and oxygen atoms in total. The average molecular weight is 259 g/mol. The number of likely N-dealkylation sites (N-methyl/N-ethyl adjacent to an activating group) is 1. The Morgan fingerprint density at radius 3 is 2.28 bits per heavy atom. The Balaban J connectivity index is 4.24. The monoisotopic (exact) mass is 259 g/mol. The fraction of sp³-hybridized carbons (Fsp3) is 1.00. The second kappa shape index (κ2) is 11.9. The summed E-state index contributed by atoms with van der Waals surface area (Å²) in [5, 5.41) is 3.51. The largest absolute Gasteiger partial charge is 0.383 e. The second-order valence-corrected chi connectivity index (χ2v) is 5.15. The van der Waals surface area contributed by atoms with Crippen molar-refractivity contribution in [2.24, 2.45) is 0 Å². The summed E-state index contributed by atoms with van der Waals surface area (Å²) in [5.74, 6) is 0. The summed E-state index contributed by atoms with van der Waals surface area (Å²) in [6.45, 7) is 10.7. The molecule has 0 aliphatic rings. The molecule has 0 fully saturated rings. The van der Waals surface area contributed by atoms with E-state index in [-0.39, 0.29) is 0 Å². The van der Waals surface area contributed by atoms with Gasteiger partial charge in [0.1, 0.15) is 0 Å². The van der Waals surface area contributed by atoms with E-state index in [1.54, 1.807) is 7.11 Å². The second-order valence-electron chi connectivity index (χ2n) is 5.15. The van der Waals surface area contributed by atoms with Crippen LogP contribution in [0.4, 0.5) is 0 Å². The summed E-state index contributed by atoms with van der Waals surface area (Å²) >= 11 is 0. The Hall–Kier alpha value is -0.160. The lowest BCUT2D eigenvalue weighted by Crippen LogP contribution is -2.47. The smallest absolute Gasteiger partial charge is 0.0630 e. The van der Waals surface area contributed by atoms with E-state index in [0.717, 1.165) is 39.3 Å². The van der Waals surface area contributed by atoms with E-state index in [9.17, 15) is 0 Å². The zero-order chi connectivity index (χ0) is 13.8. The molecule has 0 aromatic carbocycles. The van der Waals surface area contributed by atoms with Crippen LogP contribution in [0, 0.1) is 0 Å². The first kappa shape index (κ1) is 17.8. The molecule has 0 heterocycles. The molecule has 0 saturated carbocycles. The van der Waals surface area contributed by atoms with Gasteiger partial charge in [0, 0.05) is 32.8 Å². The van der Waals surface area contributed by atoms with Crippen LogP contribution in [0.15, 0.2) is 0 Å². The van der Waals surface area contributed by atoms with Crippen LogP contribution in [0.2, 0.25) is 0 Å². The molecule has 0 aromatic heterocycles. The van der Waals surface area contributed by atoms with Crippen LogP contribution in [0.1, 0.15) is 26.7 Å². The van der Waals surface area contributed by atoms with Gasteiger partial charge in [-0.25, -0.2) is 0 Å². The van der Waals surface area contributed by atoms with Gasteiger partial charge in [-0.05, 0) is 40.0 Å². The molecule has 0 saturated heterocycles. The highest BCUT2D eigenvalue weighted by molar-refractivity contribution is 4.74. The van der Waals surface area contributed by atoms with E-state index in [1.807, 2.05) is 0 Å². The van der Waals surface area contributed by atoms with Crippen molar-refractivity contribution in [3.05, 3.63) is 0 Å². The summed E-state index contributed by atoms with van der Waals surface area (Å²) in [6.07, 6.45) is 2.38. The minimum absolute atomic E-state index is 0.487. The van der Waals surface area contributed by atoms with Gasteiger partial charge in [-0.2, -0.15) is 0 Å². The first-order chi connectivity index (χ1) is 8.65. The van der Waals surface area contributed by atoms with Gasteiger partial charge in [-0.15, -0.1) is 0 Å². The Morgan fingerprint density at radius 2 is 1.78 bits per heavy atom. The fourth-order valence-electron chi connectivity index (χ4n) is 2.02. The lowest BCUT2D eigenvalue weighted by molar-refractivity contribution is 0.0844. The Kier molecular flexibility index (Phi) is 11.8. The van der Waals surface area contributed by atoms with Gasteiger partial charge < -0.3 is 15.0 Å². The normalized spacial score (nSPS) is 13.5. The maximum atomic E-state index is 5.37. The van der Waals surface area contributed by atoms with Crippen LogP contribution in [-0.2, 0) is 4.74 Å². The predicted molar refractivity (Wildman–Crippen MR) is 79.2 cm³/mol. The van der Waals surface area contributed by atoms with E-state index in [4.69, 9.17) is 4.74 Å². The van der Waals surface area contributed by atoms with Crippen molar-refractivity contribution in [3.63, 3.8) is 0 Å². The molecule has 18 heavy (non-hydrogen) atoms. The maximum Gasteiger partial charge on any atom is 0.0630 e. The van der Waals surface area contributed by atoms with E-state index in [0.29, 0.717) is 6.04 Å². The van der Waals surface area contributed by atoms with Crippen molar-refractivity contribution in [1.29, 1.82) is 0 Å². The lowest BCUT2D eigenvalue weighted by Gasteiger charge is -2.32. The number of rotatable bonds is 12. The summed E-state index contributed by atoms with van der Waals surface area (Å²) in [7, 11) is 6.05. The third-order valence-corrected chi connectivity index (χ3v) is 3.03. The number of hydrogen-bond donors (Lipinski definition) is 1. The van der Waals surface area contributed by atoms with Crippen molar-refractivity contribution in [2.45, 2.75) is 32.7 Å². The number of nitrogens with zero attached hydrogens (tertiary/aromatic N) is 2. The van der Waals surface area contributed by atoms with Crippen LogP contribution < -0.4 is 5.32 Å². The van der Waals surface area contributed by atoms with Gasteiger partial charge >= 0.3 is 0 Å². The molecule has 0 radical (unpaired) electrons. The summed E-state index contributed by atoms with van der Waals surface area (Å²) < 4.78 is 5.37. The zero-order valence-corrected chi connectivity index (χ0v) is 13.0. The summed E-state index contributed by atoms with van der Waals surface area (Å²) in [4.78, 5) is 4.79. The van der Waals surface area contributed by atoms with E-state index < -0.39 is 0 Å². The number of methoxy groups -OCH3 is 1. The highest BCUT2D eigenvalue weighted by atomic mass is 16.5. The van der Waals surface area contributed by atoms with Gasteiger partial charge in [-0.3, -0.25) is 4.90 Å². The summed E-state index contributed by atoms with van der Waals surface area (Å²) in [5.41, 5.74) is 0. The predicted octanol–water partition coefficient (Wildman–Crippen LogP) is 1.27. The first-order valence-corrected chi connectivity index (χ1v) is 7.24.